The third-order valence-corrected chi connectivity index (χ3v) is 3.54. The molecule has 1 rings (SSSR count). The first-order valence-electron chi connectivity index (χ1n) is 6.98. The first-order valence-corrected chi connectivity index (χ1v) is 6.98. The van der Waals surface area contributed by atoms with E-state index in [0.29, 0.717) is 12.8 Å². The molecule has 1 amide bonds. The second-order valence-electron chi connectivity index (χ2n) is 4.93. The highest BCUT2D eigenvalue weighted by Crippen LogP contribution is 2.21. The summed E-state index contributed by atoms with van der Waals surface area (Å²) < 4.78 is 4.70. The monoisotopic (exact) mass is 265 g/mol. The lowest BCUT2D eigenvalue weighted by molar-refractivity contribution is -0.144. The molecule has 0 radical (unpaired) electrons. The summed E-state index contributed by atoms with van der Waals surface area (Å²) in [4.78, 5) is 25.4. The molecule has 0 aromatic rings. The summed E-state index contributed by atoms with van der Waals surface area (Å²) in [5, 5.41) is 0. The molecule has 4 nitrogen and oxygen atoms in total. The van der Waals surface area contributed by atoms with Gasteiger partial charge in [0.15, 0.2) is 0 Å². The zero-order chi connectivity index (χ0) is 14.1. The van der Waals surface area contributed by atoms with E-state index in [4.69, 9.17) is 11.2 Å². The Morgan fingerprint density at radius 1 is 1.37 bits per heavy atom. The number of hydrogen-bond donors (Lipinski definition) is 0. The molecule has 0 aromatic heterocycles. The zero-order valence-electron chi connectivity index (χ0n) is 11.7. The Bertz CT molecular complexity index is 346. The van der Waals surface area contributed by atoms with Crippen LogP contribution in [0.25, 0.3) is 0 Å². The Labute approximate surface area is 115 Å². The lowest BCUT2D eigenvalue weighted by atomic mass is 9.98. The molecule has 0 spiro atoms. The number of terminal acetylenes is 1. The van der Waals surface area contributed by atoms with E-state index < -0.39 is 0 Å². The van der Waals surface area contributed by atoms with Crippen molar-refractivity contribution in [3.05, 3.63) is 0 Å². The van der Waals surface area contributed by atoms with E-state index >= 15 is 0 Å². The Morgan fingerprint density at radius 2 is 2.16 bits per heavy atom. The summed E-state index contributed by atoms with van der Waals surface area (Å²) in [6, 6.07) is 0.0151. The van der Waals surface area contributed by atoms with Gasteiger partial charge in [-0.2, -0.15) is 0 Å². The van der Waals surface area contributed by atoms with Crippen LogP contribution in [0.1, 0.15) is 51.4 Å². The number of carbonyl (C=O) groups excluding carboxylic acids is 2. The minimum absolute atomic E-state index is 0.0151. The number of ether oxygens (including phenoxy) is 1. The normalized spacial score (nSPS) is 18.7. The van der Waals surface area contributed by atoms with Crippen molar-refractivity contribution >= 4 is 11.9 Å². The molecule has 0 N–H and O–H groups in total. The molecule has 106 valence electrons. The molecule has 1 heterocycles. The molecule has 1 unspecified atom stereocenters. The van der Waals surface area contributed by atoms with Crippen LogP contribution in [0.3, 0.4) is 0 Å². The van der Waals surface area contributed by atoms with E-state index in [0.717, 1.165) is 45.1 Å². The van der Waals surface area contributed by atoms with E-state index in [2.05, 4.69) is 5.92 Å². The van der Waals surface area contributed by atoms with Crippen molar-refractivity contribution in [1.29, 1.82) is 0 Å². The Kier molecular flexibility index (Phi) is 7.02. The van der Waals surface area contributed by atoms with Crippen LogP contribution in [-0.4, -0.2) is 36.5 Å². The standard InChI is InChI=1S/C15H23NO3/c1-3-4-5-6-10-14(17)16-11-8-7-9-13(16)12-15(18)19-2/h1,13H,4-12H2,2H3. The molecule has 19 heavy (non-hydrogen) atoms. The lowest BCUT2D eigenvalue weighted by Crippen LogP contribution is -2.44. The summed E-state index contributed by atoms with van der Waals surface area (Å²) in [5.41, 5.74) is 0. The van der Waals surface area contributed by atoms with Crippen molar-refractivity contribution in [3.8, 4) is 12.3 Å². The summed E-state index contributed by atoms with van der Waals surface area (Å²) in [5.74, 6) is 2.48. The van der Waals surface area contributed by atoms with Crippen LogP contribution >= 0.6 is 0 Å². The Balaban J connectivity index is 2.44. The van der Waals surface area contributed by atoms with Crippen molar-refractivity contribution in [2.24, 2.45) is 0 Å². The van der Waals surface area contributed by atoms with Crippen LogP contribution in [0, 0.1) is 12.3 Å². The summed E-state index contributed by atoms with van der Waals surface area (Å²) in [6.45, 7) is 0.760. The molecule has 0 aliphatic carbocycles. The van der Waals surface area contributed by atoms with Gasteiger partial charge in [0.25, 0.3) is 0 Å². The average Bonchev–Trinajstić information content (AvgIpc) is 2.43. The van der Waals surface area contributed by atoms with Crippen LogP contribution in [0.5, 0.6) is 0 Å². The van der Waals surface area contributed by atoms with Gasteiger partial charge in [-0.1, -0.05) is 0 Å². The van der Waals surface area contributed by atoms with Gasteiger partial charge in [-0.25, -0.2) is 0 Å². The number of likely N-dealkylation sites (tertiary alicyclic amines) is 1. The molecule has 0 bridgehead atoms. The van der Waals surface area contributed by atoms with Gasteiger partial charge in [0, 0.05) is 25.4 Å². The highest BCUT2D eigenvalue weighted by atomic mass is 16.5. The number of amides is 1. The van der Waals surface area contributed by atoms with Gasteiger partial charge in [0.2, 0.25) is 5.91 Å². The van der Waals surface area contributed by atoms with Gasteiger partial charge in [0.05, 0.1) is 13.5 Å². The van der Waals surface area contributed by atoms with Crippen molar-refractivity contribution in [3.63, 3.8) is 0 Å². The van der Waals surface area contributed by atoms with Gasteiger partial charge >= 0.3 is 5.97 Å². The molecule has 1 aliphatic rings. The second-order valence-corrected chi connectivity index (χ2v) is 4.93. The number of piperidine rings is 1. The molecular formula is C15H23NO3. The van der Waals surface area contributed by atoms with Crippen molar-refractivity contribution in [2.75, 3.05) is 13.7 Å². The Hall–Kier alpha value is -1.50. The van der Waals surface area contributed by atoms with Gasteiger partial charge < -0.3 is 9.64 Å². The molecule has 0 aromatic carbocycles. The first-order chi connectivity index (χ1) is 9.19. The van der Waals surface area contributed by atoms with E-state index in [1.807, 2.05) is 4.90 Å². The van der Waals surface area contributed by atoms with Crippen LogP contribution in [-0.2, 0) is 14.3 Å². The Morgan fingerprint density at radius 3 is 2.84 bits per heavy atom. The number of hydrogen-bond acceptors (Lipinski definition) is 3. The van der Waals surface area contributed by atoms with Crippen LogP contribution in [0.4, 0.5) is 0 Å². The fourth-order valence-electron chi connectivity index (χ4n) is 2.46. The average molecular weight is 265 g/mol. The maximum absolute atomic E-state index is 12.2. The maximum atomic E-state index is 12.2. The molecule has 4 heteroatoms. The lowest BCUT2D eigenvalue weighted by Gasteiger charge is -2.35. The van der Waals surface area contributed by atoms with Crippen molar-refractivity contribution in [2.45, 2.75) is 57.4 Å². The maximum Gasteiger partial charge on any atom is 0.307 e. The summed E-state index contributed by atoms with van der Waals surface area (Å²) >= 11 is 0. The van der Waals surface area contributed by atoms with E-state index in [1.165, 1.54) is 7.11 Å². The van der Waals surface area contributed by atoms with Gasteiger partial charge in [-0.05, 0) is 32.1 Å². The topological polar surface area (TPSA) is 46.6 Å². The summed E-state index contributed by atoms with van der Waals surface area (Å²) in [7, 11) is 1.39. The molecular weight excluding hydrogens is 242 g/mol. The second kappa shape index (κ2) is 8.58. The summed E-state index contributed by atoms with van der Waals surface area (Å²) in [6.07, 6.45) is 11.4. The van der Waals surface area contributed by atoms with Crippen molar-refractivity contribution < 1.29 is 14.3 Å². The van der Waals surface area contributed by atoms with Gasteiger partial charge in [0.1, 0.15) is 0 Å². The number of esters is 1. The molecule has 1 aliphatic heterocycles. The number of carbonyl (C=O) groups is 2. The van der Waals surface area contributed by atoms with Crippen LogP contribution < -0.4 is 0 Å². The highest BCUT2D eigenvalue weighted by Gasteiger charge is 2.28. The minimum Gasteiger partial charge on any atom is -0.469 e. The quantitative estimate of drug-likeness (QED) is 0.420. The fraction of sp³-hybridized carbons (Fsp3) is 0.733. The predicted octanol–water partition coefficient (Wildman–Crippen LogP) is 2.12. The van der Waals surface area contributed by atoms with E-state index in [-0.39, 0.29) is 17.9 Å². The zero-order valence-corrected chi connectivity index (χ0v) is 11.7. The van der Waals surface area contributed by atoms with Crippen LogP contribution in [0.2, 0.25) is 0 Å². The fourth-order valence-corrected chi connectivity index (χ4v) is 2.46. The third kappa shape index (κ3) is 5.34. The molecule has 1 fully saturated rings. The highest BCUT2D eigenvalue weighted by molar-refractivity contribution is 5.78. The predicted molar refractivity (Wildman–Crippen MR) is 73.3 cm³/mol. The first kappa shape index (κ1) is 15.6. The number of unbranched alkanes of at least 4 members (excludes halogenated alkanes) is 2. The molecule has 1 atom stereocenters. The van der Waals surface area contributed by atoms with Crippen molar-refractivity contribution in [1.82, 2.24) is 4.90 Å². The van der Waals surface area contributed by atoms with E-state index in [9.17, 15) is 9.59 Å². The largest absolute Gasteiger partial charge is 0.469 e. The van der Waals surface area contributed by atoms with Gasteiger partial charge in [-0.3, -0.25) is 9.59 Å². The van der Waals surface area contributed by atoms with E-state index in [1.54, 1.807) is 0 Å². The SMILES string of the molecule is C#CCCCCC(=O)N1CCCCC1CC(=O)OC. The van der Waals surface area contributed by atoms with Gasteiger partial charge in [-0.15, -0.1) is 12.3 Å². The minimum atomic E-state index is -0.239. The van der Waals surface area contributed by atoms with Crippen LogP contribution in [0.15, 0.2) is 0 Å². The number of rotatable bonds is 6. The number of methoxy groups -OCH3 is 1. The smallest absolute Gasteiger partial charge is 0.307 e. The third-order valence-electron chi connectivity index (χ3n) is 3.54. The molecule has 1 saturated heterocycles. The molecule has 0 saturated carbocycles. The number of nitrogens with zero attached hydrogens (tertiary/aromatic N) is 1.